The molecule has 1 N–H and O–H groups in total. The molecule has 28 heavy (non-hydrogen) atoms. The number of imide groups is 1. The van der Waals surface area contributed by atoms with Crippen molar-refractivity contribution >= 4 is 39.9 Å². The Kier molecular flexibility index (Phi) is 3.87. The van der Waals surface area contributed by atoms with E-state index in [2.05, 4.69) is 28.2 Å². The number of hydrogen-bond acceptors (Lipinski definition) is 5. The molecule has 7 heteroatoms. The van der Waals surface area contributed by atoms with E-state index in [1.807, 2.05) is 24.3 Å². The van der Waals surface area contributed by atoms with Crippen LogP contribution < -0.4 is 15.1 Å². The normalized spacial score (nSPS) is 22.9. The van der Waals surface area contributed by atoms with Crippen LogP contribution in [0.1, 0.15) is 23.2 Å². The molecule has 2 aromatic rings. The SMILES string of the molecule is CN1CCN(c2ccc3c4c(cccc24)N(C2CCC(=O)NC2=O)C3=O)CC1. The standard InChI is InChI=1S/C21H22N4O3/c1-23-9-11-24(12-10-23)15-6-5-14-19-13(15)3-2-4-16(19)25(21(14)28)17-7-8-18(26)22-20(17)27/h2-6,17H,7-12H2,1H3,(H,22,26,27). The van der Waals surface area contributed by atoms with E-state index in [9.17, 15) is 14.4 Å². The molecule has 0 radical (unpaired) electrons. The number of amides is 3. The molecule has 5 rings (SSSR count). The maximum Gasteiger partial charge on any atom is 0.259 e. The first-order valence-electron chi connectivity index (χ1n) is 9.71. The van der Waals surface area contributed by atoms with Crippen LogP contribution in [-0.4, -0.2) is 61.9 Å². The van der Waals surface area contributed by atoms with Gasteiger partial charge in [0, 0.05) is 49.1 Å². The van der Waals surface area contributed by atoms with E-state index in [4.69, 9.17) is 0 Å². The number of piperidine rings is 1. The average molecular weight is 378 g/mol. The Morgan fingerprint density at radius 2 is 1.75 bits per heavy atom. The van der Waals surface area contributed by atoms with Crippen LogP contribution >= 0.6 is 0 Å². The summed E-state index contributed by atoms with van der Waals surface area (Å²) in [6.45, 7) is 3.90. The molecular weight excluding hydrogens is 356 g/mol. The number of piperazine rings is 1. The summed E-state index contributed by atoms with van der Waals surface area (Å²) < 4.78 is 0. The van der Waals surface area contributed by atoms with Crippen molar-refractivity contribution in [3.05, 3.63) is 35.9 Å². The fourth-order valence-corrected chi connectivity index (χ4v) is 4.55. The molecule has 2 fully saturated rings. The third-order valence-corrected chi connectivity index (χ3v) is 6.07. The molecule has 1 atom stereocenters. The molecule has 144 valence electrons. The van der Waals surface area contributed by atoms with Crippen molar-refractivity contribution in [3.8, 4) is 0 Å². The molecule has 2 aromatic carbocycles. The lowest BCUT2D eigenvalue weighted by Gasteiger charge is -2.34. The Labute approximate surface area is 162 Å². The average Bonchev–Trinajstić information content (AvgIpc) is 2.97. The molecule has 0 aromatic heterocycles. The highest BCUT2D eigenvalue weighted by Crippen LogP contribution is 2.43. The number of carbonyl (C=O) groups is 3. The third-order valence-electron chi connectivity index (χ3n) is 6.07. The summed E-state index contributed by atoms with van der Waals surface area (Å²) in [5.74, 6) is -0.833. The molecular formula is C21H22N4O3. The van der Waals surface area contributed by atoms with E-state index in [-0.39, 0.29) is 18.2 Å². The number of nitrogens with zero attached hydrogens (tertiary/aromatic N) is 3. The maximum atomic E-state index is 13.2. The minimum absolute atomic E-state index is 0.161. The van der Waals surface area contributed by atoms with Crippen LogP contribution in [0.4, 0.5) is 11.4 Å². The van der Waals surface area contributed by atoms with Crippen molar-refractivity contribution in [2.24, 2.45) is 0 Å². The first-order valence-corrected chi connectivity index (χ1v) is 9.71. The number of nitrogens with one attached hydrogen (secondary N) is 1. The molecule has 3 amide bonds. The van der Waals surface area contributed by atoms with Crippen molar-refractivity contribution < 1.29 is 14.4 Å². The van der Waals surface area contributed by atoms with Gasteiger partial charge in [-0.25, -0.2) is 0 Å². The van der Waals surface area contributed by atoms with Gasteiger partial charge < -0.3 is 9.80 Å². The Bertz CT molecular complexity index is 1010. The molecule has 0 aliphatic carbocycles. The highest BCUT2D eigenvalue weighted by Gasteiger charge is 2.41. The molecule has 0 bridgehead atoms. The van der Waals surface area contributed by atoms with Crippen molar-refractivity contribution in [2.45, 2.75) is 18.9 Å². The fraction of sp³-hybridized carbons (Fsp3) is 0.381. The first-order chi connectivity index (χ1) is 13.5. The lowest BCUT2D eigenvalue weighted by Crippen LogP contribution is -2.53. The van der Waals surface area contributed by atoms with Crippen LogP contribution in [0.5, 0.6) is 0 Å². The lowest BCUT2D eigenvalue weighted by atomic mass is 10.0. The predicted octanol–water partition coefficient (Wildman–Crippen LogP) is 1.36. The Hall–Kier alpha value is -2.93. The summed E-state index contributed by atoms with van der Waals surface area (Å²) in [4.78, 5) is 43.4. The zero-order valence-corrected chi connectivity index (χ0v) is 15.8. The zero-order valence-electron chi connectivity index (χ0n) is 15.8. The second-order valence-corrected chi connectivity index (χ2v) is 7.76. The fourth-order valence-electron chi connectivity index (χ4n) is 4.55. The van der Waals surface area contributed by atoms with E-state index < -0.39 is 11.9 Å². The van der Waals surface area contributed by atoms with Gasteiger partial charge >= 0.3 is 0 Å². The summed E-state index contributed by atoms with van der Waals surface area (Å²) >= 11 is 0. The number of rotatable bonds is 2. The van der Waals surface area contributed by atoms with Crippen LogP contribution in [0.15, 0.2) is 30.3 Å². The minimum atomic E-state index is -0.643. The largest absolute Gasteiger partial charge is 0.368 e. The lowest BCUT2D eigenvalue weighted by molar-refractivity contribution is -0.134. The van der Waals surface area contributed by atoms with Gasteiger partial charge in [0.25, 0.3) is 5.91 Å². The van der Waals surface area contributed by atoms with Gasteiger partial charge in [-0.2, -0.15) is 0 Å². The zero-order chi connectivity index (χ0) is 19.4. The highest BCUT2D eigenvalue weighted by atomic mass is 16.2. The second-order valence-electron chi connectivity index (χ2n) is 7.76. The van der Waals surface area contributed by atoms with Crippen molar-refractivity contribution in [1.82, 2.24) is 10.2 Å². The number of anilines is 2. The van der Waals surface area contributed by atoms with Crippen LogP contribution in [0.3, 0.4) is 0 Å². The Morgan fingerprint density at radius 1 is 0.964 bits per heavy atom. The van der Waals surface area contributed by atoms with Crippen molar-refractivity contribution in [1.29, 1.82) is 0 Å². The summed E-state index contributed by atoms with van der Waals surface area (Å²) in [5, 5.41) is 4.32. The molecule has 0 spiro atoms. The summed E-state index contributed by atoms with van der Waals surface area (Å²) in [7, 11) is 2.13. The molecule has 3 aliphatic heterocycles. The monoisotopic (exact) mass is 378 g/mol. The molecule has 3 aliphatic rings. The minimum Gasteiger partial charge on any atom is -0.368 e. The second kappa shape index (κ2) is 6.31. The van der Waals surface area contributed by atoms with E-state index in [0.29, 0.717) is 12.0 Å². The van der Waals surface area contributed by atoms with E-state index in [1.54, 1.807) is 4.90 Å². The van der Waals surface area contributed by atoms with Gasteiger partial charge in [0.05, 0.1) is 11.3 Å². The van der Waals surface area contributed by atoms with Crippen LogP contribution in [0, 0.1) is 0 Å². The highest BCUT2D eigenvalue weighted by molar-refractivity contribution is 6.28. The van der Waals surface area contributed by atoms with Gasteiger partial charge in [-0.1, -0.05) is 12.1 Å². The van der Waals surface area contributed by atoms with Crippen LogP contribution in [-0.2, 0) is 9.59 Å². The maximum absolute atomic E-state index is 13.2. The quantitative estimate of drug-likeness (QED) is 0.799. The predicted molar refractivity (Wildman–Crippen MR) is 107 cm³/mol. The molecule has 7 nitrogen and oxygen atoms in total. The molecule has 3 heterocycles. The molecule has 0 saturated carbocycles. The van der Waals surface area contributed by atoms with Gasteiger partial charge in [0.2, 0.25) is 11.8 Å². The summed E-state index contributed by atoms with van der Waals surface area (Å²) in [5.41, 5.74) is 2.53. The molecule has 2 saturated heterocycles. The van der Waals surface area contributed by atoms with Gasteiger partial charge in [0.1, 0.15) is 6.04 Å². The summed E-state index contributed by atoms with van der Waals surface area (Å²) in [6, 6.07) is 9.16. The topological polar surface area (TPSA) is 73.0 Å². The number of hydrogen-bond donors (Lipinski definition) is 1. The van der Waals surface area contributed by atoms with E-state index in [1.165, 1.54) is 0 Å². The number of carbonyl (C=O) groups excluding carboxylic acids is 3. The van der Waals surface area contributed by atoms with Gasteiger partial charge in [-0.05, 0) is 31.7 Å². The van der Waals surface area contributed by atoms with Gasteiger partial charge in [-0.3, -0.25) is 24.6 Å². The van der Waals surface area contributed by atoms with E-state index in [0.717, 1.165) is 48.3 Å². The van der Waals surface area contributed by atoms with Crippen LogP contribution in [0.2, 0.25) is 0 Å². The van der Waals surface area contributed by atoms with Gasteiger partial charge in [0.15, 0.2) is 0 Å². The first kappa shape index (κ1) is 17.2. The number of likely N-dealkylation sites (N-methyl/N-ethyl adjacent to an activating group) is 1. The smallest absolute Gasteiger partial charge is 0.259 e. The third kappa shape index (κ3) is 2.50. The van der Waals surface area contributed by atoms with Crippen LogP contribution in [0.25, 0.3) is 10.8 Å². The van der Waals surface area contributed by atoms with E-state index >= 15 is 0 Å². The molecule has 1 unspecified atom stereocenters. The Morgan fingerprint density at radius 3 is 2.50 bits per heavy atom. The summed E-state index contributed by atoms with van der Waals surface area (Å²) in [6.07, 6.45) is 0.602. The number of benzene rings is 2. The van der Waals surface area contributed by atoms with Crippen molar-refractivity contribution in [3.63, 3.8) is 0 Å². The van der Waals surface area contributed by atoms with Crippen molar-refractivity contribution in [2.75, 3.05) is 43.0 Å². The van der Waals surface area contributed by atoms with Gasteiger partial charge in [-0.15, -0.1) is 0 Å². The Balaban J connectivity index is 1.59.